The van der Waals surface area contributed by atoms with Crippen LogP contribution in [0.15, 0.2) is 48.5 Å². The van der Waals surface area contributed by atoms with Gasteiger partial charge in [-0.05, 0) is 30.7 Å². The molecule has 0 saturated carbocycles. The first kappa shape index (κ1) is 23.4. The average molecular weight is 469 g/mol. The Bertz CT molecular complexity index is 1250. The second-order valence-electron chi connectivity index (χ2n) is 6.67. The molecule has 11 heteroatoms. The number of nitro groups is 1. The molecule has 0 atom stereocenters. The van der Waals surface area contributed by atoms with Gasteiger partial charge < -0.3 is 20.1 Å². The summed E-state index contributed by atoms with van der Waals surface area (Å²) in [5.41, 5.74) is 0.599. The first-order valence-corrected chi connectivity index (χ1v) is 10.3. The Balaban J connectivity index is 1.95. The number of hydrogen-bond donors (Lipinski definition) is 2. The molecular formula is C22H19N3O7S. The number of benzene rings is 2. The van der Waals surface area contributed by atoms with Crippen LogP contribution in [-0.4, -0.2) is 36.9 Å². The highest BCUT2D eigenvalue weighted by molar-refractivity contribution is 7.19. The minimum atomic E-state index is -0.728. The van der Waals surface area contributed by atoms with Gasteiger partial charge in [0.1, 0.15) is 10.8 Å². The lowest BCUT2D eigenvalue weighted by Gasteiger charge is -2.09. The van der Waals surface area contributed by atoms with Crippen molar-refractivity contribution in [3.8, 4) is 5.75 Å². The molecule has 1 aromatic heterocycles. The molecule has 2 N–H and O–H groups in total. The number of carbonyl (C=O) groups excluding carboxylic acids is 3. The molecule has 3 aromatic rings. The third-order valence-corrected chi connectivity index (χ3v) is 5.84. The maximum atomic E-state index is 12.9. The van der Waals surface area contributed by atoms with Crippen molar-refractivity contribution in [1.82, 2.24) is 0 Å². The molecule has 10 nitrogen and oxygen atoms in total. The number of carbonyl (C=O) groups is 3. The summed E-state index contributed by atoms with van der Waals surface area (Å²) in [7, 11) is 2.62. The number of amides is 2. The third kappa shape index (κ3) is 4.99. The summed E-state index contributed by atoms with van der Waals surface area (Å²) in [6.45, 7) is 1.55. The van der Waals surface area contributed by atoms with E-state index in [1.807, 2.05) is 0 Å². The van der Waals surface area contributed by atoms with Gasteiger partial charge in [-0.3, -0.25) is 19.7 Å². The molecule has 0 radical (unpaired) electrons. The Kier molecular flexibility index (Phi) is 7.04. The Morgan fingerprint density at radius 3 is 2.39 bits per heavy atom. The number of nitrogens with zero attached hydrogens (tertiary/aromatic N) is 1. The van der Waals surface area contributed by atoms with Gasteiger partial charge in [-0.1, -0.05) is 18.2 Å². The summed E-state index contributed by atoms with van der Waals surface area (Å²) >= 11 is 0.885. The summed E-state index contributed by atoms with van der Waals surface area (Å²) in [6.07, 6.45) is 0. The van der Waals surface area contributed by atoms with Crippen LogP contribution in [0, 0.1) is 17.0 Å². The lowest BCUT2D eigenvalue weighted by atomic mass is 10.1. The number of anilines is 2. The van der Waals surface area contributed by atoms with Gasteiger partial charge in [-0.2, -0.15) is 0 Å². The molecule has 0 unspecified atom stereocenters. The van der Waals surface area contributed by atoms with E-state index in [0.29, 0.717) is 11.3 Å². The van der Waals surface area contributed by atoms with Gasteiger partial charge in [0.2, 0.25) is 0 Å². The normalized spacial score (nSPS) is 10.3. The molecule has 0 spiro atoms. The number of esters is 1. The van der Waals surface area contributed by atoms with Crippen LogP contribution in [0.4, 0.5) is 16.4 Å². The quantitative estimate of drug-likeness (QED) is 0.300. The van der Waals surface area contributed by atoms with Crippen LogP contribution in [0.25, 0.3) is 0 Å². The Hall–Kier alpha value is -4.25. The van der Waals surface area contributed by atoms with Crippen LogP contribution in [0.3, 0.4) is 0 Å². The largest absolute Gasteiger partial charge is 0.496 e. The van der Waals surface area contributed by atoms with Gasteiger partial charge in [0.15, 0.2) is 0 Å². The molecule has 0 aliphatic carbocycles. The molecule has 2 amide bonds. The van der Waals surface area contributed by atoms with Crippen LogP contribution in [-0.2, 0) is 4.74 Å². The number of non-ortho nitro benzene ring substituents is 1. The van der Waals surface area contributed by atoms with Crippen LogP contribution in [0.5, 0.6) is 5.75 Å². The van der Waals surface area contributed by atoms with Crippen molar-refractivity contribution in [1.29, 1.82) is 0 Å². The lowest BCUT2D eigenvalue weighted by Crippen LogP contribution is -2.15. The zero-order valence-corrected chi connectivity index (χ0v) is 18.6. The van der Waals surface area contributed by atoms with Crippen molar-refractivity contribution in [2.24, 2.45) is 0 Å². The fourth-order valence-corrected chi connectivity index (χ4v) is 4.14. The van der Waals surface area contributed by atoms with Gasteiger partial charge in [0.25, 0.3) is 17.5 Å². The van der Waals surface area contributed by atoms with Crippen molar-refractivity contribution >= 4 is 45.5 Å². The number of nitro benzene ring substituents is 1. The third-order valence-electron chi connectivity index (χ3n) is 4.64. The van der Waals surface area contributed by atoms with Gasteiger partial charge >= 0.3 is 5.97 Å². The number of rotatable bonds is 7. The number of ether oxygens (including phenoxy) is 2. The fraction of sp³-hybridized carbons (Fsp3) is 0.136. The molecule has 0 fully saturated rings. The van der Waals surface area contributed by atoms with Crippen molar-refractivity contribution < 1.29 is 28.8 Å². The van der Waals surface area contributed by atoms with E-state index in [1.54, 1.807) is 31.2 Å². The van der Waals surface area contributed by atoms with Crippen LogP contribution >= 0.6 is 11.3 Å². The minimum absolute atomic E-state index is 0.0370. The summed E-state index contributed by atoms with van der Waals surface area (Å²) in [6, 6.07) is 12.0. The number of hydrogen-bond acceptors (Lipinski definition) is 8. The van der Waals surface area contributed by atoms with E-state index >= 15 is 0 Å². The van der Waals surface area contributed by atoms with Crippen LogP contribution in [0.2, 0.25) is 0 Å². The maximum Gasteiger partial charge on any atom is 0.341 e. The topological polar surface area (TPSA) is 137 Å². The summed E-state index contributed by atoms with van der Waals surface area (Å²) < 4.78 is 10.0. The lowest BCUT2D eigenvalue weighted by molar-refractivity contribution is -0.384. The first-order chi connectivity index (χ1) is 15.8. The van der Waals surface area contributed by atoms with Crippen molar-refractivity contribution in [2.75, 3.05) is 24.9 Å². The van der Waals surface area contributed by atoms with E-state index in [4.69, 9.17) is 9.47 Å². The Morgan fingerprint density at radius 2 is 1.73 bits per heavy atom. The van der Waals surface area contributed by atoms with Crippen molar-refractivity contribution in [2.45, 2.75) is 6.92 Å². The van der Waals surface area contributed by atoms with E-state index in [2.05, 4.69) is 10.6 Å². The number of thiophene rings is 1. The number of methoxy groups -OCH3 is 2. The summed E-state index contributed by atoms with van der Waals surface area (Å²) in [5, 5.41) is 16.3. The highest BCUT2D eigenvalue weighted by Crippen LogP contribution is 2.35. The fourth-order valence-electron chi connectivity index (χ4n) is 3.05. The highest BCUT2D eigenvalue weighted by Gasteiger charge is 2.27. The zero-order valence-electron chi connectivity index (χ0n) is 17.8. The monoisotopic (exact) mass is 469 g/mol. The molecule has 0 bridgehead atoms. The van der Waals surface area contributed by atoms with Crippen molar-refractivity contribution in [3.05, 3.63) is 80.2 Å². The number of nitrogens with one attached hydrogen (secondary N) is 2. The second kappa shape index (κ2) is 9.92. The number of para-hydroxylation sites is 1. The van der Waals surface area contributed by atoms with Crippen molar-refractivity contribution in [3.63, 3.8) is 0 Å². The van der Waals surface area contributed by atoms with Crippen LogP contribution in [0.1, 0.15) is 36.0 Å². The Labute approximate surface area is 192 Å². The first-order valence-electron chi connectivity index (χ1n) is 9.48. The Morgan fingerprint density at radius 1 is 1.00 bits per heavy atom. The summed E-state index contributed by atoms with van der Waals surface area (Å²) in [4.78, 5) is 48.7. The standard InChI is InChI=1S/C22H19N3O7S/c1-12-17(22(28)32-3)21(24-19(26)15-9-4-5-10-16(15)31-2)33-18(12)20(27)23-13-7-6-8-14(11-13)25(29)30/h4-11H,1-3H3,(H,23,27)(H,24,26). The van der Waals surface area contributed by atoms with E-state index < -0.39 is 22.7 Å². The predicted octanol–water partition coefficient (Wildman–Crippen LogP) is 4.26. The van der Waals surface area contributed by atoms with Gasteiger partial charge in [0, 0.05) is 17.8 Å². The molecule has 0 saturated heterocycles. The molecule has 1 heterocycles. The molecule has 2 aromatic carbocycles. The van der Waals surface area contributed by atoms with Gasteiger partial charge in [0.05, 0.1) is 35.1 Å². The molecule has 3 rings (SSSR count). The zero-order chi connectivity index (χ0) is 24.1. The summed E-state index contributed by atoms with van der Waals surface area (Å²) in [5.74, 6) is -1.52. The van der Waals surface area contributed by atoms with E-state index in [9.17, 15) is 24.5 Å². The molecule has 33 heavy (non-hydrogen) atoms. The smallest absolute Gasteiger partial charge is 0.341 e. The van der Waals surface area contributed by atoms with E-state index in [1.165, 1.54) is 38.5 Å². The maximum absolute atomic E-state index is 12.9. The van der Waals surface area contributed by atoms with E-state index in [0.717, 1.165) is 11.3 Å². The van der Waals surface area contributed by atoms with Gasteiger partial charge in [-0.25, -0.2) is 4.79 Å². The predicted molar refractivity (Wildman–Crippen MR) is 122 cm³/mol. The van der Waals surface area contributed by atoms with Crippen LogP contribution < -0.4 is 15.4 Å². The van der Waals surface area contributed by atoms with Gasteiger partial charge in [-0.15, -0.1) is 11.3 Å². The minimum Gasteiger partial charge on any atom is -0.496 e. The SMILES string of the molecule is COC(=O)c1c(NC(=O)c2ccccc2OC)sc(C(=O)Nc2cccc([N+](=O)[O-])c2)c1C. The molecular weight excluding hydrogens is 450 g/mol. The molecule has 0 aliphatic heterocycles. The highest BCUT2D eigenvalue weighted by atomic mass is 32.1. The average Bonchev–Trinajstić information content (AvgIpc) is 3.14. The molecule has 170 valence electrons. The molecule has 0 aliphatic rings. The second-order valence-corrected chi connectivity index (χ2v) is 7.69. The van der Waals surface area contributed by atoms with E-state index in [-0.39, 0.29) is 32.4 Å².